The number of carbonyl (C=O) groups is 2. The van der Waals surface area contributed by atoms with Gasteiger partial charge in [-0.25, -0.2) is 32.1 Å². The SMILES string of the molecule is COC(=O)c1cc(C(=O)OC)cc(S(=O)(=O)NCc2ccnc(Oc3ccc(F)cc3)c2)c1. The normalized spacial score (nSPS) is 11.0. The minimum Gasteiger partial charge on any atom is -0.465 e. The summed E-state index contributed by atoms with van der Waals surface area (Å²) in [5, 5.41) is 0. The van der Waals surface area contributed by atoms with Gasteiger partial charge in [0.15, 0.2) is 0 Å². The minimum absolute atomic E-state index is 0.125. The predicted octanol–water partition coefficient (Wildman–Crippen LogP) is 3.06. The Morgan fingerprint density at radius 2 is 1.55 bits per heavy atom. The molecule has 0 bridgehead atoms. The van der Waals surface area contributed by atoms with Crippen LogP contribution >= 0.6 is 0 Å². The van der Waals surface area contributed by atoms with Crippen LogP contribution in [0.3, 0.4) is 0 Å². The molecule has 0 unspecified atom stereocenters. The first-order valence-electron chi connectivity index (χ1n) is 9.41. The van der Waals surface area contributed by atoms with Gasteiger partial charge in [-0.2, -0.15) is 0 Å². The Morgan fingerprint density at radius 1 is 0.939 bits per heavy atom. The molecule has 3 aromatic rings. The van der Waals surface area contributed by atoms with Crippen molar-refractivity contribution in [2.75, 3.05) is 14.2 Å². The molecular formula is C22H19FN2O7S. The van der Waals surface area contributed by atoms with Crippen molar-refractivity contribution in [1.82, 2.24) is 9.71 Å². The van der Waals surface area contributed by atoms with Crippen LogP contribution in [0.4, 0.5) is 4.39 Å². The van der Waals surface area contributed by atoms with E-state index < -0.39 is 27.8 Å². The lowest BCUT2D eigenvalue weighted by Crippen LogP contribution is -2.24. The highest BCUT2D eigenvalue weighted by Crippen LogP contribution is 2.21. The fourth-order valence-corrected chi connectivity index (χ4v) is 3.81. The summed E-state index contributed by atoms with van der Waals surface area (Å²) in [6, 6.07) is 11.8. The standard InChI is InChI=1S/C22H19FN2O7S/c1-30-21(26)15-10-16(22(27)31-2)12-19(11-15)33(28,29)25-13-14-7-8-24-20(9-14)32-18-5-3-17(23)4-6-18/h3-12,25H,13H2,1-2H3. The lowest BCUT2D eigenvalue weighted by atomic mass is 10.1. The summed E-state index contributed by atoms with van der Waals surface area (Å²) in [6.45, 7) is -0.138. The van der Waals surface area contributed by atoms with Gasteiger partial charge in [-0.1, -0.05) is 0 Å². The zero-order chi connectivity index (χ0) is 24.0. The van der Waals surface area contributed by atoms with Crippen LogP contribution in [-0.2, 0) is 26.0 Å². The van der Waals surface area contributed by atoms with Crippen LogP contribution in [0.5, 0.6) is 11.6 Å². The van der Waals surface area contributed by atoms with Crippen LogP contribution in [0.1, 0.15) is 26.3 Å². The maximum atomic E-state index is 13.0. The second kappa shape index (κ2) is 10.2. The van der Waals surface area contributed by atoms with Crippen LogP contribution < -0.4 is 9.46 Å². The average molecular weight is 474 g/mol. The molecule has 11 heteroatoms. The van der Waals surface area contributed by atoms with E-state index in [-0.39, 0.29) is 28.4 Å². The van der Waals surface area contributed by atoms with Crippen molar-refractivity contribution < 1.29 is 36.6 Å². The molecule has 0 saturated carbocycles. The zero-order valence-electron chi connectivity index (χ0n) is 17.6. The third-order valence-electron chi connectivity index (χ3n) is 4.36. The van der Waals surface area contributed by atoms with Gasteiger partial charge >= 0.3 is 11.9 Å². The number of rotatable bonds is 8. The Hall–Kier alpha value is -3.83. The van der Waals surface area contributed by atoms with Crippen LogP contribution in [0.15, 0.2) is 65.7 Å². The Bertz CT molecular complexity index is 1240. The fourth-order valence-electron chi connectivity index (χ4n) is 2.73. The number of hydrogen-bond donors (Lipinski definition) is 1. The number of nitrogens with one attached hydrogen (secondary N) is 1. The zero-order valence-corrected chi connectivity index (χ0v) is 18.4. The summed E-state index contributed by atoms with van der Waals surface area (Å²) in [7, 11) is -1.86. The minimum atomic E-state index is -4.13. The number of pyridine rings is 1. The molecule has 33 heavy (non-hydrogen) atoms. The van der Waals surface area contributed by atoms with E-state index in [2.05, 4.69) is 19.2 Å². The largest absolute Gasteiger partial charge is 0.465 e. The Balaban J connectivity index is 1.80. The van der Waals surface area contributed by atoms with Crippen molar-refractivity contribution in [2.45, 2.75) is 11.4 Å². The summed E-state index contributed by atoms with van der Waals surface area (Å²) < 4.78 is 55.9. The summed E-state index contributed by atoms with van der Waals surface area (Å²) in [4.78, 5) is 27.5. The highest BCUT2D eigenvalue weighted by atomic mass is 32.2. The lowest BCUT2D eigenvalue weighted by molar-refractivity contribution is 0.0598. The van der Waals surface area contributed by atoms with Gasteiger partial charge in [-0.05, 0) is 54.1 Å². The molecule has 3 rings (SSSR count). The number of ether oxygens (including phenoxy) is 3. The van der Waals surface area contributed by atoms with Gasteiger partial charge in [0.05, 0.1) is 30.2 Å². The molecule has 1 N–H and O–H groups in total. The fraction of sp³-hybridized carbons (Fsp3) is 0.136. The smallest absolute Gasteiger partial charge is 0.337 e. The van der Waals surface area contributed by atoms with E-state index in [1.807, 2.05) is 0 Å². The molecule has 9 nitrogen and oxygen atoms in total. The van der Waals surface area contributed by atoms with Gasteiger partial charge in [0.25, 0.3) is 0 Å². The number of halogens is 1. The van der Waals surface area contributed by atoms with Crippen molar-refractivity contribution in [3.63, 3.8) is 0 Å². The average Bonchev–Trinajstić information content (AvgIpc) is 2.83. The van der Waals surface area contributed by atoms with Gasteiger partial charge in [0.2, 0.25) is 15.9 Å². The maximum absolute atomic E-state index is 13.0. The molecule has 2 aromatic carbocycles. The van der Waals surface area contributed by atoms with E-state index in [9.17, 15) is 22.4 Å². The lowest BCUT2D eigenvalue weighted by Gasteiger charge is -2.11. The molecule has 0 saturated heterocycles. The van der Waals surface area contributed by atoms with Crippen LogP contribution in [-0.4, -0.2) is 39.6 Å². The molecule has 1 aromatic heterocycles. The molecule has 172 valence electrons. The van der Waals surface area contributed by atoms with Gasteiger partial charge in [0.1, 0.15) is 11.6 Å². The first-order chi connectivity index (χ1) is 15.7. The highest BCUT2D eigenvalue weighted by Gasteiger charge is 2.21. The molecule has 0 amide bonds. The first-order valence-corrected chi connectivity index (χ1v) is 10.9. The van der Waals surface area contributed by atoms with Crippen molar-refractivity contribution in [2.24, 2.45) is 0 Å². The van der Waals surface area contributed by atoms with Crippen LogP contribution in [0.25, 0.3) is 0 Å². The number of benzene rings is 2. The van der Waals surface area contributed by atoms with Crippen LogP contribution in [0, 0.1) is 5.82 Å². The number of sulfonamides is 1. The summed E-state index contributed by atoms with van der Waals surface area (Å²) in [5.74, 6) is -1.50. The molecule has 0 aliphatic rings. The Kier molecular flexibility index (Phi) is 7.36. The van der Waals surface area contributed by atoms with E-state index >= 15 is 0 Å². The molecule has 0 atom stereocenters. The highest BCUT2D eigenvalue weighted by molar-refractivity contribution is 7.89. The summed E-state index contributed by atoms with van der Waals surface area (Å²) >= 11 is 0. The van der Waals surface area contributed by atoms with E-state index in [0.717, 1.165) is 26.4 Å². The van der Waals surface area contributed by atoms with E-state index in [1.165, 1.54) is 42.6 Å². The number of methoxy groups -OCH3 is 2. The molecule has 0 spiro atoms. The van der Waals surface area contributed by atoms with Gasteiger partial charge in [-0.15, -0.1) is 0 Å². The van der Waals surface area contributed by atoms with Gasteiger partial charge < -0.3 is 14.2 Å². The summed E-state index contributed by atoms with van der Waals surface area (Å²) in [5.41, 5.74) is 0.266. The Labute approximate surface area is 189 Å². The second-order valence-corrected chi connectivity index (χ2v) is 8.38. The Morgan fingerprint density at radius 3 is 2.12 bits per heavy atom. The molecule has 0 aliphatic carbocycles. The van der Waals surface area contributed by atoms with Crippen molar-refractivity contribution in [3.05, 3.63) is 83.3 Å². The number of esters is 2. The van der Waals surface area contributed by atoms with E-state index in [0.29, 0.717) is 11.3 Å². The monoisotopic (exact) mass is 474 g/mol. The van der Waals surface area contributed by atoms with Gasteiger partial charge in [-0.3, -0.25) is 0 Å². The quantitative estimate of drug-likeness (QED) is 0.495. The van der Waals surface area contributed by atoms with Crippen molar-refractivity contribution in [1.29, 1.82) is 0 Å². The third-order valence-corrected chi connectivity index (χ3v) is 5.74. The molecule has 0 fully saturated rings. The van der Waals surface area contributed by atoms with E-state index in [4.69, 9.17) is 4.74 Å². The number of nitrogens with zero attached hydrogens (tertiary/aromatic N) is 1. The van der Waals surface area contributed by atoms with Gasteiger partial charge in [0, 0.05) is 18.8 Å². The second-order valence-electron chi connectivity index (χ2n) is 6.61. The van der Waals surface area contributed by atoms with Crippen molar-refractivity contribution >= 4 is 22.0 Å². The van der Waals surface area contributed by atoms with E-state index in [1.54, 1.807) is 6.07 Å². The topological polar surface area (TPSA) is 121 Å². The number of aromatic nitrogens is 1. The van der Waals surface area contributed by atoms with Crippen LogP contribution in [0.2, 0.25) is 0 Å². The summed E-state index contributed by atoms with van der Waals surface area (Å²) in [6.07, 6.45) is 1.43. The molecular weight excluding hydrogens is 455 g/mol. The maximum Gasteiger partial charge on any atom is 0.337 e. The molecule has 0 radical (unpaired) electrons. The third kappa shape index (κ3) is 6.11. The molecule has 0 aliphatic heterocycles. The predicted molar refractivity (Wildman–Crippen MR) is 114 cm³/mol. The van der Waals surface area contributed by atoms with Crippen molar-refractivity contribution in [3.8, 4) is 11.6 Å². The number of carbonyl (C=O) groups excluding carboxylic acids is 2. The number of hydrogen-bond acceptors (Lipinski definition) is 8. The first kappa shape index (κ1) is 23.8. The molecule has 1 heterocycles.